The Hall–Kier alpha value is -3.90. The zero-order chi connectivity index (χ0) is 21.9. The summed E-state index contributed by atoms with van der Waals surface area (Å²) in [5, 5.41) is 0.518. The normalized spacial score (nSPS) is 15.4. The molecule has 2 heterocycles. The van der Waals surface area contributed by atoms with E-state index in [9.17, 15) is 9.59 Å². The quantitative estimate of drug-likeness (QED) is 0.542. The summed E-state index contributed by atoms with van der Waals surface area (Å²) in [6, 6.07) is 26.7. The standard InChI is InChI=1S/C26H22N2O4/c29-24-21-13-7-8-14-23(21)32-25-22(24)16-27(15-19-9-3-1-4-10-19)18-28(25)26(30)31-17-20-11-5-2-6-12-20/h1-14H,15-18H2/p+1. The minimum absolute atomic E-state index is 0.104. The lowest BCUT2D eigenvalue weighted by molar-refractivity contribution is -0.928. The molecule has 1 aliphatic heterocycles. The number of anilines is 1. The van der Waals surface area contributed by atoms with Crippen LogP contribution in [0.25, 0.3) is 11.0 Å². The van der Waals surface area contributed by atoms with Gasteiger partial charge in [-0.15, -0.1) is 0 Å². The summed E-state index contributed by atoms with van der Waals surface area (Å²) in [4.78, 5) is 28.9. The predicted octanol–water partition coefficient (Wildman–Crippen LogP) is 3.49. The van der Waals surface area contributed by atoms with Crippen LogP contribution in [0.5, 0.6) is 0 Å². The van der Waals surface area contributed by atoms with Crippen LogP contribution in [0.4, 0.5) is 10.7 Å². The van der Waals surface area contributed by atoms with Crippen molar-refractivity contribution in [3.05, 3.63) is 112 Å². The second kappa shape index (κ2) is 8.69. The summed E-state index contributed by atoms with van der Waals surface area (Å²) in [5.74, 6) is 0.281. The number of ether oxygens (including phenoxy) is 1. The Bertz CT molecular complexity index is 1300. The monoisotopic (exact) mass is 427 g/mol. The van der Waals surface area contributed by atoms with Crippen molar-refractivity contribution in [1.29, 1.82) is 0 Å². The van der Waals surface area contributed by atoms with E-state index in [1.807, 2.05) is 72.8 Å². The van der Waals surface area contributed by atoms with Gasteiger partial charge in [0, 0.05) is 5.56 Å². The molecule has 0 saturated heterocycles. The molecule has 32 heavy (non-hydrogen) atoms. The number of hydrogen-bond acceptors (Lipinski definition) is 4. The fourth-order valence-electron chi connectivity index (χ4n) is 4.09. The lowest BCUT2D eigenvalue weighted by atomic mass is 10.1. The van der Waals surface area contributed by atoms with Crippen molar-refractivity contribution in [2.75, 3.05) is 11.6 Å². The summed E-state index contributed by atoms with van der Waals surface area (Å²) in [7, 11) is 0. The molecule has 3 aromatic carbocycles. The number of carbonyl (C=O) groups excluding carboxylic acids is 1. The Morgan fingerprint density at radius 2 is 1.56 bits per heavy atom. The first-order chi connectivity index (χ1) is 15.7. The van der Waals surface area contributed by atoms with Crippen molar-refractivity contribution in [2.45, 2.75) is 19.7 Å². The molecule has 0 fully saturated rings. The maximum Gasteiger partial charge on any atom is 0.421 e. The van der Waals surface area contributed by atoms with Gasteiger partial charge in [-0.2, -0.15) is 4.90 Å². The van der Waals surface area contributed by atoms with Crippen molar-refractivity contribution in [1.82, 2.24) is 0 Å². The van der Waals surface area contributed by atoms with E-state index in [0.717, 1.165) is 16.0 Å². The van der Waals surface area contributed by atoms with Crippen LogP contribution in [0.2, 0.25) is 0 Å². The third-order valence-electron chi connectivity index (χ3n) is 5.65. The van der Waals surface area contributed by atoms with Gasteiger partial charge in [0.2, 0.25) is 11.3 Å². The maximum absolute atomic E-state index is 13.3. The highest BCUT2D eigenvalue weighted by Crippen LogP contribution is 2.25. The summed E-state index contributed by atoms with van der Waals surface area (Å²) < 4.78 is 11.6. The van der Waals surface area contributed by atoms with Gasteiger partial charge in [0.25, 0.3) is 0 Å². The highest BCUT2D eigenvalue weighted by atomic mass is 16.6. The third-order valence-corrected chi connectivity index (χ3v) is 5.65. The van der Waals surface area contributed by atoms with Gasteiger partial charge in [-0.25, -0.2) is 4.79 Å². The van der Waals surface area contributed by atoms with Crippen LogP contribution in [0.15, 0.2) is 94.1 Å². The van der Waals surface area contributed by atoms with Crippen molar-refractivity contribution < 1.29 is 18.8 Å². The highest BCUT2D eigenvalue weighted by Gasteiger charge is 2.35. The van der Waals surface area contributed by atoms with Crippen LogP contribution in [0.3, 0.4) is 0 Å². The second-order valence-electron chi connectivity index (χ2n) is 7.93. The number of rotatable bonds is 4. The van der Waals surface area contributed by atoms with Crippen molar-refractivity contribution in [2.24, 2.45) is 0 Å². The number of hydrogen-bond donors (Lipinski definition) is 1. The van der Waals surface area contributed by atoms with Crippen LogP contribution in [0, 0.1) is 0 Å². The number of carbonyl (C=O) groups is 1. The molecule has 6 heteroatoms. The van der Waals surface area contributed by atoms with Gasteiger partial charge < -0.3 is 14.1 Å². The van der Waals surface area contributed by atoms with Crippen LogP contribution in [-0.4, -0.2) is 12.8 Å². The minimum Gasteiger partial charge on any atom is -0.444 e. The fourth-order valence-corrected chi connectivity index (χ4v) is 4.09. The topological polar surface area (TPSA) is 64.2 Å². The number of amides is 1. The van der Waals surface area contributed by atoms with Crippen LogP contribution in [-0.2, 0) is 24.4 Å². The van der Waals surface area contributed by atoms with E-state index in [-0.39, 0.29) is 17.9 Å². The zero-order valence-corrected chi connectivity index (χ0v) is 17.5. The van der Waals surface area contributed by atoms with Gasteiger partial charge in [-0.3, -0.25) is 4.79 Å². The second-order valence-corrected chi connectivity index (χ2v) is 7.93. The first kappa shape index (κ1) is 20.0. The first-order valence-corrected chi connectivity index (χ1v) is 10.6. The van der Waals surface area contributed by atoms with E-state index >= 15 is 0 Å². The van der Waals surface area contributed by atoms with Crippen LogP contribution < -0.4 is 15.2 Å². The lowest BCUT2D eigenvalue weighted by Gasteiger charge is -2.32. The number of para-hydroxylation sites is 1. The lowest BCUT2D eigenvalue weighted by Crippen LogP contribution is -3.12. The van der Waals surface area contributed by atoms with Crippen molar-refractivity contribution in [3.8, 4) is 0 Å². The smallest absolute Gasteiger partial charge is 0.421 e. The van der Waals surface area contributed by atoms with Gasteiger partial charge in [-0.1, -0.05) is 72.8 Å². The van der Waals surface area contributed by atoms with E-state index in [1.165, 1.54) is 4.90 Å². The molecule has 0 bridgehead atoms. The fraction of sp³-hybridized carbons (Fsp3) is 0.154. The maximum atomic E-state index is 13.3. The number of nitrogens with zero attached hydrogens (tertiary/aromatic N) is 1. The Balaban J connectivity index is 1.49. The molecular weight excluding hydrogens is 404 g/mol. The van der Waals surface area contributed by atoms with E-state index in [4.69, 9.17) is 9.15 Å². The Kier molecular flexibility index (Phi) is 5.44. The molecular formula is C26H23N2O4+. The first-order valence-electron chi connectivity index (χ1n) is 10.6. The van der Waals surface area contributed by atoms with Gasteiger partial charge in [-0.05, 0) is 17.7 Å². The highest BCUT2D eigenvalue weighted by molar-refractivity contribution is 5.89. The SMILES string of the molecule is O=C(OCc1ccccc1)N1C[NH+](Cc2ccccc2)Cc2c1oc1ccccc1c2=O. The number of quaternary nitrogens is 1. The Labute approximate surface area is 185 Å². The van der Waals surface area contributed by atoms with Gasteiger partial charge in [0.1, 0.15) is 30.8 Å². The molecule has 0 aliphatic carbocycles. The van der Waals surface area contributed by atoms with E-state index in [0.29, 0.717) is 36.3 Å². The van der Waals surface area contributed by atoms with Crippen molar-refractivity contribution in [3.63, 3.8) is 0 Å². The van der Waals surface area contributed by atoms with Gasteiger partial charge in [0.05, 0.1) is 5.39 Å². The average molecular weight is 427 g/mol. The number of fused-ring (bicyclic) bond motifs is 2. The summed E-state index contributed by atoms with van der Waals surface area (Å²) in [6.07, 6.45) is -0.529. The summed E-state index contributed by atoms with van der Waals surface area (Å²) >= 11 is 0. The van der Waals surface area contributed by atoms with Gasteiger partial charge >= 0.3 is 6.09 Å². The molecule has 0 saturated carbocycles. The van der Waals surface area contributed by atoms with Crippen LogP contribution >= 0.6 is 0 Å². The molecule has 1 amide bonds. The molecule has 1 aliphatic rings. The minimum atomic E-state index is -0.529. The van der Waals surface area contributed by atoms with E-state index in [1.54, 1.807) is 12.1 Å². The summed E-state index contributed by atoms with van der Waals surface area (Å²) in [5.41, 5.74) is 2.88. The Morgan fingerprint density at radius 3 is 2.31 bits per heavy atom. The molecule has 1 atom stereocenters. The molecule has 160 valence electrons. The molecule has 0 spiro atoms. The molecule has 1 unspecified atom stereocenters. The molecule has 1 aromatic heterocycles. The number of benzene rings is 3. The number of nitrogens with one attached hydrogen (secondary N) is 1. The largest absolute Gasteiger partial charge is 0.444 e. The molecule has 1 N–H and O–H groups in total. The van der Waals surface area contributed by atoms with Crippen molar-refractivity contribution >= 4 is 22.9 Å². The predicted molar refractivity (Wildman–Crippen MR) is 121 cm³/mol. The average Bonchev–Trinajstić information content (AvgIpc) is 2.84. The molecule has 5 rings (SSSR count). The zero-order valence-electron chi connectivity index (χ0n) is 17.5. The molecule has 6 nitrogen and oxygen atoms in total. The van der Waals surface area contributed by atoms with E-state index < -0.39 is 6.09 Å². The van der Waals surface area contributed by atoms with Gasteiger partial charge in [0.15, 0.2) is 6.67 Å². The van der Waals surface area contributed by atoms with E-state index in [2.05, 4.69) is 0 Å². The molecule has 4 aromatic rings. The third kappa shape index (κ3) is 4.00. The molecule has 0 radical (unpaired) electrons. The Morgan fingerprint density at radius 1 is 0.906 bits per heavy atom. The van der Waals surface area contributed by atoms with Crippen LogP contribution in [0.1, 0.15) is 16.7 Å². The summed E-state index contributed by atoms with van der Waals surface area (Å²) in [6.45, 7) is 1.64.